The minimum atomic E-state index is -1.06. The van der Waals surface area contributed by atoms with Crippen LogP contribution in [-0.2, 0) is 9.53 Å². The number of aliphatic carboxylic acids is 1. The molecule has 5 nitrogen and oxygen atoms in total. The Labute approximate surface area is 198 Å². The van der Waals surface area contributed by atoms with Crippen LogP contribution in [0.15, 0.2) is 71.2 Å². The number of nitrogens with zero attached hydrogens (tertiary/aromatic N) is 1. The third-order valence-electron chi connectivity index (χ3n) is 6.59. The number of likely N-dealkylation sites (tertiary alicyclic amines) is 1. The molecule has 1 amide bonds. The van der Waals surface area contributed by atoms with E-state index in [0.717, 1.165) is 22.3 Å². The van der Waals surface area contributed by atoms with Crippen molar-refractivity contribution < 1.29 is 23.8 Å². The molecule has 3 aromatic rings. The Morgan fingerprint density at radius 1 is 0.970 bits per heavy atom. The van der Waals surface area contributed by atoms with Gasteiger partial charge in [0.2, 0.25) is 0 Å². The summed E-state index contributed by atoms with van der Waals surface area (Å²) in [5, 5.41) is 9.70. The van der Waals surface area contributed by atoms with Crippen molar-refractivity contribution in [2.24, 2.45) is 5.92 Å². The summed E-state index contributed by atoms with van der Waals surface area (Å²) in [6.07, 6.45) is -0.580. The molecule has 1 saturated heterocycles. The molecule has 0 radical (unpaired) electrons. The lowest BCUT2D eigenvalue weighted by Gasteiger charge is -2.19. The van der Waals surface area contributed by atoms with Crippen LogP contribution in [-0.4, -0.2) is 41.8 Å². The van der Waals surface area contributed by atoms with Crippen LogP contribution in [0, 0.1) is 11.7 Å². The summed E-state index contributed by atoms with van der Waals surface area (Å²) in [4.78, 5) is 26.2. The first-order valence-corrected chi connectivity index (χ1v) is 11.5. The maximum Gasteiger partial charge on any atom is 0.409 e. The number of benzene rings is 3. The quantitative estimate of drug-likeness (QED) is 0.494. The van der Waals surface area contributed by atoms with E-state index in [-0.39, 0.29) is 25.6 Å². The fourth-order valence-electron chi connectivity index (χ4n) is 5.01. The van der Waals surface area contributed by atoms with Gasteiger partial charge in [-0.25, -0.2) is 9.18 Å². The zero-order chi connectivity index (χ0) is 23.1. The number of halogens is 2. The first-order chi connectivity index (χ1) is 15.9. The maximum atomic E-state index is 14.5. The SMILES string of the molecule is O=C(O)C1CN(C(=O)OCC2c3ccccc3-c3ccccc32)CC1c1ccc(Br)cc1F. The Hall–Kier alpha value is -3.19. The predicted molar refractivity (Wildman–Crippen MR) is 125 cm³/mol. The second-order valence-corrected chi connectivity index (χ2v) is 9.34. The van der Waals surface area contributed by atoms with E-state index in [1.165, 1.54) is 11.0 Å². The average molecular weight is 510 g/mol. The Bertz CT molecular complexity index is 1200. The molecule has 33 heavy (non-hydrogen) atoms. The van der Waals surface area contributed by atoms with E-state index in [4.69, 9.17) is 4.74 Å². The van der Waals surface area contributed by atoms with E-state index in [2.05, 4.69) is 28.1 Å². The van der Waals surface area contributed by atoms with Gasteiger partial charge in [-0.15, -0.1) is 0 Å². The molecule has 2 unspecified atom stereocenters. The second-order valence-electron chi connectivity index (χ2n) is 8.43. The van der Waals surface area contributed by atoms with E-state index < -0.39 is 29.7 Å². The zero-order valence-electron chi connectivity index (χ0n) is 17.6. The number of amides is 1. The first-order valence-electron chi connectivity index (χ1n) is 10.7. The van der Waals surface area contributed by atoms with Gasteiger partial charge in [0, 0.05) is 29.4 Å². The highest BCUT2D eigenvalue weighted by Gasteiger charge is 2.42. The average Bonchev–Trinajstić information content (AvgIpc) is 3.38. The summed E-state index contributed by atoms with van der Waals surface area (Å²) in [6, 6.07) is 20.7. The number of carboxylic acid groups (broad SMARTS) is 1. The summed E-state index contributed by atoms with van der Waals surface area (Å²) in [7, 11) is 0. The highest BCUT2D eigenvalue weighted by atomic mass is 79.9. The Morgan fingerprint density at radius 3 is 2.21 bits per heavy atom. The van der Waals surface area contributed by atoms with Gasteiger partial charge in [0.1, 0.15) is 12.4 Å². The molecule has 2 aliphatic rings. The van der Waals surface area contributed by atoms with Crippen molar-refractivity contribution in [2.75, 3.05) is 19.7 Å². The standard InChI is InChI=1S/C26H21BrFNO4/c27-15-9-10-20(24(28)11-15)21-12-29(13-22(21)25(30)31)26(32)33-14-23-18-7-3-1-5-16(18)17-6-2-4-8-19(17)23/h1-11,21-23H,12-14H2,(H,30,31). The molecule has 168 valence electrons. The van der Waals surface area contributed by atoms with Gasteiger partial charge in [0.25, 0.3) is 0 Å². The van der Waals surface area contributed by atoms with Crippen molar-refractivity contribution in [3.05, 3.63) is 93.7 Å². The van der Waals surface area contributed by atoms with Gasteiger partial charge >= 0.3 is 12.1 Å². The van der Waals surface area contributed by atoms with Crippen LogP contribution < -0.4 is 0 Å². The molecule has 3 aromatic carbocycles. The summed E-state index contributed by atoms with van der Waals surface area (Å²) < 4.78 is 20.8. The van der Waals surface area contributed by atoms with Gasteiger partial charge in [-0.1, -0.05) is 70.5 Å². The highest BCUT2D eigenvalue weighted by molar-refractivity contribution is 9.10. The number of rotatable bonds is 4. The molecule has 1 aliphatic heterocycles. The molecule has 7 heteroatoms. The number of ether oxygens (including phenoxy) is 1. The molecule has 0 bridgehead atoms. The van der Waals surface area contributed by atoms with Crippen molar-refractivity contribution in [3.8, 4) is 11.1 Å². The molecule has 1 N–H and O–H groups in total. The lowest BCUT2D eigenvalue weighted by atomic mass is 9.89. The molecule has 1 aliphatic carbocycles. The number of carbonyl (C=O) groups excluding carboxylic acids is 1. The fourth-order valence-corrected chi connectivity index (χ4v) is 5.34. The van der Waals surface area contributed by atoms with E-state index in [0.29, 0.717) is 10.0 Å². The molecule has 5 rings (SSSR count). The molecule has 1 fully saturated rings. The molecule has 0 aromatic heterocycles. The van der Waals surface area contributed by atoms with Crippen LogP contribution >= 0.6 is 15.9 Å². The van der Waals surface area contributed by atoms with Gasteiger partial charge in [-0.05, 0) is 39.9 Å². The Morgan fingerprint density at radius 2 is 1.61 bits per heavy atom. The largest absolute Gasteiger partial charge is 0.481 e. The number of carbonyl (C=O) groups is 2. The van der Waals surface area contributed by atoms with Gasteiger partial charge in [0.05, 0.1) is 5.92 Å². The highest BCUT2D eigenvalue weighted by Crippen LogP contribution is 2.44. The van der Waals surface area contributed by atoms with Crippen LogP contribution in [0.25, 0.3) is 11.1 Å². The van der Waals surface area contributed by atoms with Crippen LogP contribution in [0.4, 0.5) is 9.18 Å². The molecule has 0 saturated carbocycles. The number of fused-ring (bicyclic) bond motifs is 3. The third kappa shape index (κ3) is 3.91. The van der Waals surface area contributed by atoms with Gasteiger partial charge in [-0.3, -0.25) is 4.79 Å². The third-order valence-corrected chi connectivity index (χ3v) is 7.09. The lowest BCUT2D eigenvalue weighted by Crippen LogP contribution is -2.31. The Kier molecular flexibility index (Phi) is 5.66. The van der Waals surface area contributed by atoms with E-state index in [1.54, 1.807) is 12.1 Å². The van der Waals surface area contributed by atoms with Crippen molar-refractivity contribution in [1.82, 2.24) is 4.90 Å². The summed E-state index contributed by atoms with van der Waals surface area (Å²) in [6.45, 7) is 0.219. The molecule has 0 spiro atoms. The monoisotopic (exact) mass is 509 g/mol. The number of hydrogen-bond donors (Lipinski definition) is 1. The molecular formula is C26H21BrFNO4. The smallest absolute Gasteiger partial charge is 0.409 e. The number of hydrogen-bond acceptors (Lipinski definition) is 3. The lowest BCUT2D eigenvalue weighted by molar-refractivity contribution is -0.141. The summed E-state index contributed by atoms with van der Waals surface area (Å²) in [5.41, 5.74) is 4.76. The summed E-state index contributed by atoms with van der Waals surface area (Å²) >= 11 is 3.22. The summed E-state index contributed by atoms with van der Waals surface area (Å²) in [5.74, 6) is -3.18. The van der Waals surface area contributed by atoms with Gasteiger partial charge in [0.15, 0.2) is 0 Å². The van der Waals surface area contributed by atoms with Crippen molar-refractivity contribution in [2.45, 2.75) is 11.8 Å². The van der Waals surface area contributed by atoms with E-state index in [9.17, 15) is 19.1 Å². The van der Waals surface area contributed by atoms with E-state index >= 15 is 0 Å². The molecule has 1 heterocycles. The fraction of sp³-hybridized carbons (Fsp3) is 0.231. The van der Waals surface area contributed by atoms with Crippen LogP contribution in [0.5, 0.6) is 0 Å². The second kappa shape index (κ2) is 8.63. The van der Waals surface area contributed by atoms with Crippen LogP contribution in [0.3, 0.4) is 0 Å². The minimum Gasteiger partial charge on any atom is -0.481 e. The van der Waals surface area contributed by atoms with Crippen LogP contribution in [0.1, 0.15) is 28.5 Å². The van der Waals surface area contributed by atoms with Crippen LogP contribution in [0.2, 0.25) is 0 Å². The minimum absolute atomic E-state index is 0.0216. The van der Waals surface area contributed by atoms with Gasteiger partial charge < -0.3 is 14.7 Å². The van der Waals surface area contributed by atoms with Crippen molar-refractivity contribution >= 4 is 28.0 Å². The van der Waals surface area contributed by atoms with E-state index in [1.807, 2.05) is 36.4 Å². The van der Waals surface area contributed by atoms with Crippen molar-refractivity contribution in [1.29, 1.82) is 0 Å². The first kappa shape index (κ1) is 21.6. The number of carboxylic acids is 1. The Balaban J connectivity index is 1.33. The molecule has 2 atom stereocenters. The predicted octanol–water partition coefficient (Wildman–Crippen LogP) is 5.64. The van der Waals surface area contributed by atoms with Gasteiger partial charge in [-0.2, -0.15) is 0 Å². The zero-order valence-corrected chi connectivity index (χ0v) is 19.2. The normalized spacial score (nSPS) is 19.3. The maximum absolute atomic E-state index is 14.5. The van der Waals surface area contributed by atoms with Crippen molar-refractivity contribution in [3.63, 3.8) is 0 Å². The topological polar surface area (TPSA) is 66.8 Å². The molecular weight excluding hydrogens is 489 g/mol.